The van der Waals surface area contributed by atoms with Gasteiger partial charge in [-0.2, -0.15) is 0 Å². The number of hydrogen-bond acceptors (Lipinski definition) is 5. The first kappa shape index (κ1) is 15.8. The molecular formula is C14H21N3O3S. The minimum atomic E-state index is -3.38. The summed E-state index contributed by atoms with van der Waals surface area (Å²) < 4.78 is 24.6. The van der Waals surface area contributed by atoms with E-state index in [9.17, 15) is 8.42 Å². The average Bonchev–Trinajstić information content (AvgIpc) is 3.05. The van der Waals surface area contributed by atoms with Gasteiger partial charge in [-0.25, -0.2) is 8.42 Å². The molecule has 1 atom stereocenters. The minimum Gasteiger partial charge on any atom is -0.409 e. The molecule has 0 aromatic heterocycles. The topological polar surface area (TPSA) is 105 Å². The molecule has 7 heteroatoms. The van der Waals surface area contributed by atoms with E-state index in [4.69, 9.17) is 10.9 Å². The van der Waals surface area contributed by atoms with Gasteiger partial charge < -0.3 is 16.3 Å². The normalized spacial score (nSPS) is 21.2. The van der Waals surface area contributed by atoms with Crippen molar-refractivity contribution in [1.29, 1.82) is 0 Å². The first-order valence-corrected chi connectivity index (χ1v) is 8.45. The third-order valence-corrected chi connectivity index (χ3v) is 5.59. The second-order valence-corrected chi connectivity index (χ2v) is 8.14. The molecule has 6 nitrogen and oxygen atoms in total. The number of oxime groups is 1. The Morgan fingerprint density at radius 1 is 1.52 bits per heavy atom. The van der Waals surface area contributed by atoms with Crippen molar-refractivity contribution in [2.45, 2.75) is 31.2 Å². The zero-order valence-electron chi connectivity index (χ0n) is 12.2. The van der Waals surface area contributed by atoms with E-state index in [1.165, 1.54) is 12.1 Å². The zero-order chi connectivity index (χ0) is 15.7. The van der Waals surface area contributed by atoms with Crippen LogP contribution >= 0.6 is 0 Å². The number of sulfone groups is 1. The molecule has 1 saturated carbocycles. The maximum absolute atomic E-state index is 12.3. The van der Waals surface area contributed by atoms with Gasteiger partial charge >= 0.3 is 0 Å². The molecule has 1 aliphatic rings. The predicted molar refractivity (Wildman–Crippen MR) is 81.2 cm³/mol. The highest BCUT2D eigenvalue weighted by atomic mass is 32.2. The summed E-state index contributed by atoms with van der Waals surface area (Å²) in [7, 11) is -3.38. The molecular weight excluding hydrogens is 290 g/mol. The van der Waals surface area contributed by atoms with Gasteiger partial charge in [0, 0.05) is 18.2 Å². The maximum atomic E-state index is 12.3. The Morgan fingerprint density at radius 3 is 2.76 bits per heavy atom. The largest absolute Gasteiger partial charge is 0.409 e. The fourth-order valence-electron chi connectivity index (χ4n) is 2.21. The quantitative estimate of drug-likeness (QED) is 0.314. The highest BCUT2D eigenvalue weighted by Crippen LogP contribution is 2.44. The van der Waals surface area contributed by atoms with Crippen molar-refractivity contribution in [2.24, 2.45) is 16.3 Å². The molecule has 0 heterocycles. The van der Waals surface area contributed by atoms with Crippen molar-refractivity contribution >= 4 is 15.7 Å². The number of nitrogens with one attached hydrogen (secondary N) is 1. The maximum Gasteiger partial charge on any atom is 0.179 e. The molecule has 1 aromatic rings. The van der Waals surface area contributed by atoms with Gasteiger partial charge in [0.2, 0.25) is 0 Å². The van der Waals surface area contributed by atoms with Crippen LogP contribution in [0.15, 0.2) is 34.3 Å². The molecule has 0 saturated heterocycles. The van der Waals surface area contributed by atoms with Crippen LogP contribution in [0.2, 0.25) is 0 Å². The Kier molecular flexibility index (Phi) is 4.25. The Hall–Kier alpha value is -1.60. The van der Waals surface area contributed by atoms with E-state index in [-0.39, 0.29) is 21.9 Å². The van der Waals surface area contributed by atoms with E-state index >= 15 is 0 Å². The van der Waals surface area contributed by atoms with Gasteiger partial charge in [-0.3, -0.25) is 0 Å². The summed E-state index contributed by atoms with van der Waals surface area (Å²) in [6, 6.07) is 6.52. The van der Waals surface area contributed by atoms with Crippen molar-refractivity contribution in [2.75, 3.05) is 12.3 Å². The molecule has 2 rings (SSSR count). The van der Waals surface area contributed by atoms with E-state index < -0.39 is 9.84 Å². The highest BCUT2D eigenvalue weighted by Gasteiger charge is 2.45. The molecule has 1 aromatic carbocycles. The van der Waals surface area contributed by atoms with E-state index in [0.29, 0.717) is 18.2 Å². The summed E-state index contributed by atoms with van der Waals surface area (Å²) in [5, 5.41) is 14.8. The number of rotatable bonds is 6. The Labute approximate surface area is 125 Å². The second kappa shape index (κ2) is 5.65. The van der Waals surface area contributed by atoms with E-state index in [1.807, 2.05) is 0 Å². The van der Waals surface area contributed by atoms with Crippen LogP contribution in [0.4, 0.5) is 0 Å². The number of amidine groups is 1. The molecule has 0 amide bonds. The van der Waals surface area contributed by atoms with Gasteiger partial charge in [0.05, 0.1) is 10.6 Å². The molecule has 0 radical (unpaired) electrons. The average molecular weight is 311 g/mol. The zero-order valence-corrected chi connectivity index (χ0v) is 13.0. The number of benzene rings is 1. The van der Waals surface area contributed by atoms with Crippen LogP contribution in [0.3, 0.4) is 0 Å². The predicted octanol–water partition coefficient (Wildman–Crippen LogP) is 0.943. The lowest BCUT2D eigenvalue weighted by molar-refractivity contribution is 0.318. The lowest BCUT2D eigenvalue weighted by atomic mass is 10.2. The Morgan fingerprint density at radius 2 is 2.19 bits per heavy atom. The summed E-state index contributed by atoms with van der Waals surface area (Å²) in [6.07, 6.45) is 1.08. The molecule has 0 spiro atoms. The van der Waals surface area contributed by atoms with E-state index in [1.54, 1.807) is 12.1 Å². The first-order chi connectivity index (χ1) is 9.76. The Balaban J connectivity index is 2.02. The number of hydrogen-bond donors (Lipinski definition) is 3. The third-order valence-electron chi connectivity index (χ3n) is 3.87. The summed E-state index contributed by atoms with van der Waals surface area (Å²) in [5.74, 6) is -0.0796. The summed E-state index contributed by atoms with van der Waals surface area (Å²) >= 11 is 0. The number of nitrogens with two attached hydrogens (primary N) is 1. The SMILES string of the molecule is CC1(C)CC1NCCS(=O)(=O)c1cccc(/C(N)=N/O)c1. The Bertz CT molecular complexity index is 653. The molecule has 21 heavy (non-hydrogen) atoms. The second-order valence-electron chi connectivity index (χ2n) is 6.03. The van der Waals surface area contributed by atoms with Crippen molar-refractivity contribution in [1.82, 2.24) is 5.32 Å². The van der Waals surface area contributed by atoms with Gasteiger partial charge in [0.1, 0.15) is 0 Å². The molecule has 1 fully saturated rings. The van der Waals surface area contributed by atoms with Crippen molar-refractivity contribution < 1.29 is 13.6 Å². The van der Waals surface area contributed by atoms with Gasteiger partial charge in [0.15, 0.2) is 15.7 Å². The summed E-state index contributed by atoms with van der Waals surface area (Å²) in [6.45, 7) is 4.73. The van der Waals surface area contributed by atoms with Gasteiger partial charge in [0.25, 0.3) is 0 Å². The molecule has 0 bridgehead atoms. The molecule has 1 unspecified atom stereocenters. The monoisotopic (exact) mass is 311 g/mol. The lowest BCUT2D eigenvalue weighted by Gasteiger charge is -2.08. The third kappa shape index (κ3) is 3.74. The molecule has 1 aliphatic carbocycles. The summed E-state index contributed by atoms with van der Waals surface area (Å²) in [5.41, 5.74) is 6.13. The first-order valence-electron chi connectivity index (χ1n) is 6.80. The van der Waals surface area contributed by atoms with Gasteiger partial charge in [-0.05, 0) is 24.0 Å². The smallest absolute Gasteiger partial charge is 0.179 e. The van der Waals surface area contributed by atoms with Gasteiger partial charge in [-0.15, -0.1) is 0 Å². The highest BCUT2D eigenvalue weighted by molar-refractivity contribution is 7.91. The van der Waals surface area contributed by atoms with Crippen LogP contribution in [0, 0.1) is 5.41 Å². The van der Waals surface area contributed by atoms with Crippen LogP contribution in [0.1, 0.15) is 25.8 Å². The lowest BCUT2D eigenvalue weighted by Crippen LogP contribution is -2.27. The van der Waals surface area contributed by atoms with Crippen molar-refractivity contribution in [3.63, 3.8) is 0 Å². The molecule has 116 valence electrons. The van der Waals surface area contributed by atoms with Crippen LogP contribution in [0.25, 0.3) is 0 Å². The van der Waals surface area contributed by atoms with Crippen LogP contribution < -0.4 is 11.1 Å². The van der Waals surface area contributed by atoms with Crippen molar-refractivity contribution in [3.8, 4) is 0 Å². The van der Waals surface area contributed by atoms with Crippen LogP contribution in [-0.4, -0.2) is 37.8 Å². The summed E-state index contributed by atoms with van der Waals surface area (Å²) in [4.78, 5) is 0.184. The van der Waals surface area contributed by atoms with Gasteiger partial charge in [-0.1, -0.05) is 31.1 Å². The van der Waals surface area contributed by atoms with E-state index in [0.717, 1.165) is 6.42 Å². The molecule has 0 aliphatic heterocycles. The fraction of sp³-hybridized carbons (Fsp3) is 0.500. The standard InChI is InChI=1S/C14H21N3O3S/c1-14(2)9-12(14)16-6-7-21(19,20)11-5-3-4-10(8-11)13(15)17-18/h3-5,8,12,16,18H,6-7,9H2,1-2H3,(H2,15,17). The minimum absolute atomic E-state index is 0.0270. The number of nitrogens with zero attached hydrogens (tertiary/aromatic N) is 1. The molecule has 4 N–H and O–H groups in total. The van der Waals surface area contributed by atoms with Crippen LogP contribution in [0.5, 0.6) is 0 Å². The van der Waals surface area contributed by atoms with E-state index in [2.05, 4.69) is 24.3 Å². The van der Waals surface area contributed by atoms with Crippen LogP contribution in [-0.2, 0) is 9.84 Å². The van der Waals surface area contributed by atoms with Crippen molar-refractivity contribution in [3.05, 3.63) is 29.8 Å². The fourth-order valence-corrected chi connectivity index (χ4v) is 3.42.